The molecule has 0 bridgehead atoms. The zero-order chi connectivity index (χ0) is 22.9. The molecule has 1 amide bonds. The van der Waals surface area contributed by atoms with Gasteiger partial charge in [0.2, 0.25) is 0 Å². The van der Waals surface area contributed by atoms with Gasteiger partial charge in [0, 0.05) is 36.6 Å². The number of hydrogen-bond donors (Lipinski definition) is 1. The number of aromatic nitrogens is 2. The van der Waals surface area contributed by atoms with Crippen LogP contribution >= 0.6 is 0 Å². The molecule has 1 fully saturated rings. The summed E-state index contributed by atoms with van der Waals surface area (Å²) in [5.41, 5.74) is 1.04. The van der Waals surface area contributed by atoms with E-state index in [9.17, 15) is 14.7 Å². The molecule has 33 heavy (non-hydrogen) atoms. The van der Waals surface area contributed by atoms with Crippen molar-refractivity contribution in [2.24, 2.45) is 0 Å². The van der Waals surface area contributed by atoms with Crippen molar-refractivity contribution in [3.8, 4) is 11.5 Å². The third-order valence-corrected chi connectivity index (χ3v) is 5.80. The lowest BCUT2D eigenvalue weighted by atomic mass is 9.96. The first-order valence-electron chi connectivity index (χ1n) is 10.7. The number of hydrogen-bond acceptors (Lipinski definition) is 7. The molecule has 5 rings (SSSR count). The number of imidazole rings is 1. The van der Waals surface area contributed by atoms with Crippen LogP contribution < -0.4 is 9.47 Å². The zero-order valence-electron chi connectivity index (χ0n) is 18.1. The highest BCUT2D eigenvalue weighted by molar-refractivity contribution is 6.46. The normalized spacial score (nSPS) is 19.3. The van der Waals surface area contributed by atoms with Crippen molar-refractivity contribution in [1.82, 2.24) is 14.5 Å². The van der Waals surface area contributed by atoms with Crippen LogP contribution in [0.1, 0.15) is 29.3 Å². The summed E-state index contributed by atoms with van der Waals surface area (Å²) >= 11 is 0. The average molecular weight is 449 g/mol. The molecule has 1 atom stereocenters. The van der Waals surface area contributed by atoms with Crippen molar-refractivity contribution in [2.45, 2.75) is 25.9 Å². The van der Waals surface area contributed by atoms with E-state index in [0.29, 0.717) is 61.1 Å². The first-order valence-corrected chi connectivity index (χ1v) is 10.7. The Balaban J connectivity index is 1.51. The largest absolute Gasteiger partial charge is 0.507 e. The summed E-state index contributed by atoms with van der Waals surface area (Å²) in [7, 11) is 0. The van der Waals surface area contributed by atoms with Crippen LogP contribution in [0.3, 0.4) is 0 Å². The van der Waals surface area contributed by atoms with Crippen LogP contribution in [-0.4, -0.2) is 51.0 Å². The maximum atomic E-state index is 13.1. The van der Waals surface area contributed by atoms with Crippen molar-refractivity contribution in [2.75, 3.05) is 19.8 Å². The quantitative estimate of drug-likeness (QED) is 0.350. The Morgan fingerprint density at radius 3 is 2.70 bits per heavy atom. The minimum Gasteiger partial charge on any atom is -0.507 e. The Labute approximate surface area is 189 Å². The number of ether oxygens (including phenoxy) is 2. The SMILES string of the molecule is Cc1cc(C2C(=C(O)c3ccc4c(c3)OCCO4)C(=O)C(=O)N2CCCn2ccnc2)co1. The third kappa shape index (κ3) is 3.86. The number of aliphatic hydroxyl groups excluding tert-OH is 1. The highest BCUT2D eigenvalue weighted by atomic mass is 16.6. The molecule has 3 aromatic rings. The number of furan rings is 1. The van der Waals surface area contributed by atoms with E-state index in [1.807, 2.05) is 10.8 Å². The molecular weight excluding hydrogens is 426 g/mol. The topological polar surface area (TPSA) is 107 Å². The summed E-state index contributed by atoms with van der Waals surface area (Å²) in [6.45, 7) is 3.60. The molecule has 1 saturated heterocycles. The van der Waals surface area contributed by atoms with Crippen LogP contribution in [0.15, 0.2) is 59.2 Å². The number of rotatable bonds is 6. The first kappa shape index (κ1) is 20.9. The fourth-order valence-electron chi connectivity index (χ4n) is 4.25. The highest BCUT2D eigenvalue weighted by Crippen LogP contribution is 2.41. The van der Waals surface area contributed by atoms with Crippen molar-refractivity contribution < 1.29 is 28.6 Å². The van der Waals surface area contributed by atoms with E-state index in [1.54, 1.807) is 43.7 Å². The van der Waals surface area contributed by atoms with Crippen molar-refractivity contribution >= 4 is 17.4 Å². The summed E-state index contributed by atoms with van der Waals surface area (Å²) in [6, 6.07) is 5.97. The van der Waals surface area contributed by atoms with Crippen LogP contribution in [-0.2, 0) is 16.1 Å². The number of likely N-dealkylation sites (tertiary alicyclic amines) is 1. The number of carbonyl (C=O) groups excluding carboxylic acids is 2. The predicted octanol–water partition coefficient (Wildman–Crippen LogP) is 3.07. The molecule has 2 aliphatic heterocycles. The molecule has 1 N–H and O–H groups in total. The molecule has 2 aliphatic rings. The van der Waals surface area contributed by atoms with E-state index in [0.717, 1.165) is 0 Å². The number of aliphatic hydroxyl groups is 1. The van der Waals surface area contributed by atoms with Gasteiger partial charge in [-0.15, -0.1) is 0 Å². The van der Waals surface area contributed by atoms with Gasteiger partial charge in [0.25, 0.3) is 11.7 Å². The highest BCUT2D eigenvalue weighted by Gasteiger charge is 2.46. The summed E-state index contributed by atoms with van der Waals surface area (Å²) in [5.74, 6) is 0.0624. The number of amides is 1. The molecule has 1 unspecified atom stereocenters. The second-order valence-corrected chi connectivity index (χ2v) is 8.00. The lowest BCUT2D eigenvalue weighted by Gasteiger charge is -2.24. The number of fused-ring (bicyclic) bond motifs is 1. The van der Waals surface area contributed by atoms with Gasteiger partial charge in [-0.05, 0) is 37.6 Å². The Bertz CT molecular complexity index is 1230. The molecule has 0 radical (unpaired) electrons. The van der Waals surface area contributed by atoms with Gasteiger partial charge in [-0.3, -0.25) is 9.59 Å². The minimum atomic E-state index is -0.751. The molecule has 1 aromatic carbocycles. The number of carbonyl (C=O) groups is 2. The maximum absolute atomic E-state index is 13.1. The minimum absolute atomic E-state index is 0.0279. The molecule has 9 heteroatoms. The van der Waals surface area contributed by atoms with Gasteiger partial charge in [0.05, 0.1) is 24.2 Å². The van der Waals surface area contributed by atoms with Gasteiger partial charge in [-0.2, -0.15) is 0 Å². The number of nitrogens with zero attached hydrogens (tertiary/aromatic N) is 3. The molecule has 2 aromatic heterocycles. The van der Waals surface area contributed by atoms with Gasteiger partial charge in [0.1, 0.15) is 24.7 Å². The van der Waals surface area contributed by atoms with Crippen LogP contribution in [0.4, 0.5) is 0 Å². The van der Waals surface area contributed by atoms with Crippen molar-refractivity contribution in [3.05, 3.63) is 71.7 Å². The Morgan fingerprint density at radius 1 is 1.15 bits per heavy atom. The van der Waals surface area contributed by atoms with E-state index >= 15 is 0 Å². The van der Waals surface area contributed by atoms with Gasteiger partial charge in [-0.1, -0.05) is 0 Å². The average Bonchev–Trinajstić information content (AvgIpc) is 3.55. The fourth-order valence-corrected chi connectivity index (χ4v) is 4.25. The standard InChI is InChI=1S/C24H23N3O6/c1-15-11-17(13-33-15)21-20(22(28)16-3-4-18-19(12-16)32-10-9-31-18)23(29)24(30)27(21)7-2-6-26-8-5-25-14-26/h3-5,8,11-14,21,28H,2,6-7,9-10H2,1H3. The van der Waals surface area contributed by atoms with Crippen LogP contribution in [0.5, 0.6) is 11.5 Å². The number of benzene rings is 1. The number of Topliss-reactive ketones (excluding diaryl/α,β-unsaturated/α-hetero) is 1. The molecular formula is C24H23N3O6. The third-order valence-electron chi connectivity index (χ3n) is 5.80. The van der Waals surface area contributed by atoms with E-state index in [-0.39, 0.29) is 11.3 Å². The summed E-state index contributed by atoms with van der Waals surface area (Å²) in [5, 5.41) is 11.2. The number of aryl methyl sites for hydroxylation is 2. The maximum Gasteiger partial charge on any atom is 0.295 e. The Hall–Kier alpha value is -4.01. The lowest BCUT2D eigenvalue weighted by molar-refractivity contribution is -0.139. The van der Waals surface area contributed by atoms with E-state index in [4.69, 9.17) is 13.9 Å². The molecule has 0 saturated carbocycles. The van der Waals surface area contributed by atoms with Crippen LogP contribution in [0, 0.1) is 6.92 Å². The van der Waals surface area contributed by atoms with Gasteiger partial charge in [-0.25, -0.2) is 4.98 Å². The van der Waals surface area contributed by atoms with Crippen molar-refractivity contribution in [3.63, 3.8) is 0 Å². The molecule has 170 valence electrons. The lowest BCUT2D eigenvalue weighted by Crippen LogP contribution is -2.31. The summed E-state index contributed by atoms with van der Waals surface area (Å²) < 4.78 is 18.5. The smallest absolute Gasteiger partial charge is 0.295 e. The summed E-state index contributed by atoms with van der Waals surface area (Å²) in [6.07, 6.45) is 7.36. The molecule has 0 aliphatic carbocycles. The Morgan fingerprint density at radius 2 is 1.97 bits per heavy atom. The molecule has 4 heterocycles. The van der Waals surface area contributed by atoms with E-state index < -0.39 is 17.7 Å². The van der Waals surface area contributed by atoms with Gasteiger partial charge in [0.15, 0.2) is 11.5 Å². The van der Waals surface area contributed by atoms with Gasteiger partial charge >= 0.3 is 0 Å². The molecule has 0 spiro atoms. The second-order valence-electron chi connectivity index (χ2n) is 8.00. The predicted molar refractivity (Wildman–Crippen MR) is 117 cm³/mol. The van der Waals surface area contributed by atoms with Crippen LogP contribution in [0.25, 0.3) is 5.76 Å². The first-order chi connectivity index (χ1) is 16.0. The van der Waals surface area contributed by atoms with Crippen molar-refractivity contribution in [1.29, 1.82) is 0 Å². The fraction of sp³-hybridized carbons (Fsp3) is 0.292. The summed E-state index contributed by atoms with van der Waals surface area (Å²) in [4.78, 5) is 31.6. The van der Waals surface area contributed by atoms with Crippen LogP contribution in [0.2, 0.25) is 0 Å². The monoisotopic (exact) mass is 449 g/mol. The molecule has 9 nitrogen and oxygen atoms in total. The second kappa shape index (κ2) is 8.50. The Kier molecular flexibility index (Phi) is 5.37. The van der Waals surface area contributed by atoms with E-state index in [2.05, 4.69) is 4.98 Å². The zero-order valence-corrected chi connectivity index (χ0v) is 18.1. The van der Waals surface area contributed by atoms with E-state index in [1.165, 1.54) is 11.2 Å². The number of ketones is 1. The van der Waals surface area contributed by atoms with Gasteiger partial charge < -0.3 is 28.5 Å².